The fourth-order valence-corrected chi connectivity index (χ4v) is 3.82. The van der Waals surface area contributed by atoms with Gasteiger partial charge in [0.1, 0.15) is 17.3 Å². The zero-order valence-electron chi connectivity index (χ0n) is 19.2. The standard InChI is InChI=1S/C27H19N3O6/c1-14-7-24(35-13-14)19-8-15(2)36-25(19)16-3-5-28-20(9-16)22-11-18(27(33)34)12-23(30-22)21-10-17(26(31)32)4-6-29-21/h3-13H,1-2H3,(H,31,32)(H,33,34). The summed E-state index contributed by atoms with van der Waals surface area (Å²) in [7, 11) is 0. The van der Waals surface area contributed by atoms with E-state index in [1.807, 2.05) is 26.0 Å². The van der Waals surface area contributed by atoms with E-state index in [1.165, 1.54) is 30.5 Å². The first-order valence-corrected chi connectivity index (χ1v) is 10.9. The molecule has 0 aliphatic carbocycles. The number of furan rings is 2. The summed E-state index contributed by atoms with van der Waals surface area (Å²) < 4.78 is 11.6. The Morgan fingerprint density at radius 3 is 2.06 bits per heavy atom. The van der Waals surface area contributed by atoms with E-state index in [0.29, 0.717) is 28.5 Å². The summed E-state index contributed by atoms with van der Waals surface area (Å²) in [6.45, 7) is 3.77. The minimum absolute atomic E-state index is 0.0121. The zero-order chi connectivity index (χ0) is 25.4. The van der Waals surface area contributed by atoms with E-state index >= 15 is 0 Å². The van der Waals surface area contributed by atoms with Crippen LogP contribution in [-0.2, 0) is 0 Å². The lowest BCUT2D eigenvalue weighted by Gasteiger charge is -2.08. The van der Waals surface area contributed by atoms with Gasteiger partial charge in [0, 0.05) is 18.0 Å². The van der Waals surface area contributed by atoms with Crippen LogP contribution in [0, 0.1) is 13.8 Å². The number of hydrogen-bond acceptors (Lipinski definition) is 7. The van der Waals surface area contributed by atoms with Gasteiger partial charge in [0.2, 0.25) is 0 Å². The molecule has 0 spiro atoms. The summed E-state index contributed by atoms with van der Waals surface area (Å²) in [5.41, 5.74) is 3.56. The van der Waals surface area contributed by atoms with E-state index < -0.39 is 11.9 Å². The van der Waals surface area contributed by atoms with E-state index in [4.69, 9.17) is 8.83 Å². The lowest BCUT2D eigenvalue weighted by molar-refractivity contribution is 0.0686. The van der Waals surface area contributed by atoms with E-state index in [2.05, 4.69) is 15.0 Å². The summed E-state index contributed by atoms with van der Waals surface area (Å²) in [5, 5.41) is 19.0. The molecule has 36 heavy (non-hydrogen) atoms. The van der Waals surface area contributed by atoms with E-state index in [9.17, 15) is 19.8 Å². The van der Waals surface area contributed by atoms with Gasteiger partial charge in [-0.25, -0.2) is 14.6 Å². The Bertz CT molecular complexity index is 1630. The van der Waals surface area contributed by atoms with Crippen molar-refractivity contribution in [1.82, 2.24) is 15.0 Å². The maximum absolute atomic E-state index is 11.8. The van der Waals surface area contributed by atoms with Crippen LogP contribution in [0.2, 0.25) is 0 Å². The molecule has 0 saturated carbocycles. The number of aromatic carboxylic acids is 2. The molecule has 5 aromatic rings. The summed E-state index contributed by atoms with van der Waals surface area (Å²) in [6, 6.07) is 12.8. The molecule has 5 heterocycles. The van der Waals surface area contributed by atoms with E-state index in [1.54, 1.807) is 24.6 Å². The Balaban J connectivity index is 1.62. The molecule has 0 fully saturated rings. The number of aryl methyl sites for hydroxylation is 2. The van der Waals surface area contributed by atoms with Crippen LogP contribution in [0.15, 0.2) is 76.0 Å². The van der Waals surface area contributed by atoms with Crippen LogP contribution in [0.1, 0.15) is 32.0 Å². The molecule has 5 aromatic heterocycles. The third-order valence-corrected chi connectivity index (χ3v) is 5.48. The Morgan fingerprint density at radius 1 is 0.778 bits per heavy atom. The molecule has 178 valence electrons. The number of carbonyl (C=O) groups is 2. The zero-order valence-corrected chi connectivity index (χ0v) is 19.2. The van der Waals surface area contributed by atoms with Gasteiger partial charge >= 0.3 is 11.9 Å². The van der Waals surface area contributed by atoms with Crippen molar-refractivity contribution in [2.45, 2.75) is 13.8 Å². The van der Waals surface area contributed by atoms with Crippen LogP contribution in [-0.4, -0.2) is 37.1 Å². The van der Waals surface area contributed by atoms with Crippen molar-refractivity contribution in [1.29, 1.82) is 0 Å². The Hall–Kier alpha value is -5.05. The maximum atomic E-state index is 11.8. The molecule has 2 N–H and O–H groups in total. The number of carboxylic acids is 2. The Kier molecular flexibility index (Phi) is 5.65. The van der Waals surface area contributed by atoms with Crippen LogP contribution < -0.4 is 0 Å². The Labute approximate surface area is 204 Å². The van der Waals surface area contributed by atoms with Crippen molar-refractivity contribution in [2.75, 3.05) is 0 Å². The smallest absolute Gasteiger partial charge is 0.335 e. The molecule has 0 atom stereocenters. The van der Waals surface area contributed by atoms with E-state index in [0.717, 1.165) is 11.1 Å². The van der Waals surface area contributed by atoms with Crippen molar-refractivity contribution in [3.63, 3.8) is 0 Å². The Morgan fingerprint density at radius 2 is 1.42 bits per heavy atom. The average Bonchev–Trinajstić information content (AvgIpc) is 3.49. The maximum Gasteiger partial charge on any atom is 0.335 e. The number of nitrogens with zero attached hydrogens (tertiary/aromatic N) is 3. The van der Waals surface area contributed by atoms with Crippen LogP contribution >= 0.6 is 0 Å². The van der Waals surface area contributed by atoms with Crippen LogP contribution in [0.25, 0.3) is 45.4 Å². The van der Waals surface area contributed by atoms with Gasteiger partial charge in [-0.05, 0) is 67.9 Å². The third kappa shape index (κ3) is 4.37. The van der Waals surface area contributed by atoms with Gasteiger partial charge in [-0.2, -0.15) is 0 Å². The minimum Gasteiger partial charge on any atom is -0.478 e. The monoisotopic (exact) mass is 481 g/mol. The van der Waals surface area contributed by atoms with Gasteiger partial charge in [-0.3, -0.25) is 9.97 Å². The largest absolute Gasteiger partial charge is 0.478 e. The van der Waals surface area contributed by atoms with Gasteiger partial charge in [0.15, 0.2) is 0 Å². The van der Waals surface area contributed by atoms with Crippen LogP contribution in [0.3, 0.4) is 0 Å². The highest BCUT2D eigenvalue weighted by atomic mass is 16.4. The summed E-state index contributed by atoms with van der Waals surface area (Å²) >= 11 is 0. The number of hydrogen-bond donors (Lipinski definition) is 2. The first-order chi connectivity index (χ1) is 17.3. The fraction of sp³-hybridized carbons (Fsp3) is 0.0741. The van der Waals surface area contributed by atoms with E-state index in [-0.39, 0.29) is 28.2 Å². The topological polar surface area (TPSA) is 140 Å². The molecule has 0 amide bonds. The molecule has 0 aliphatic rings. The van der Waals surface area contributed by atoms with Gasteiger partial charge < -0.3 is 19.0 Å². The lowest BCUT2D eigenvalue weighted by atomic mass is 10.0. The van der Waals surface area contributed by atoms with Crippen molar-refractivity contribution < 1.29 is 28.6 Å². The molecule has 0 aliphatic heterocycles. The van der Waals surface area contributed by atoms with Crippen molar-refractivity contribution in [3.8, 4) is 45.4 Å². The molecule has 0 saturated heterocycles. The SMILES string of the molecule is Cc1coc(-c2cc(C)oc2-c2ccnc(-c3cc(C(=O)O)cc(-c4cc(C(=O)O)ccn4)n3)c2)c1. The normalized spacial score (nSPS) is 10.9. The molecule has 0 unspecified atom stereocenters. The number of rotatable bonds is 6. The second-order valence-electron chi connectivity index (χ2n) is 8.18. The first-order valence-electron chi connectivity index (χ1n) is 10.9. The van der Waals surface area contributed by atoms with Gasteiger partial charge in [0.05, 0.1) is 45.7 Å². The van der Waals surface area contributed by atoms with Crippen LogP contribution in [0.5, 0.6) is 0 Å². The lowest BCUT2D eigenvalue weighted by Crippen LogP contribution is -2.02. The van der Waals surface area contributed by atoms with Gasteiger partial charge in [0.25, 0.3) is 0 Å². The summed E-state index contributed by atoms with van der Waals surface area (Å²) in [5.74, 6) is -0.349. The van der Waals surface area contributed by atoms with Crippen molar-refractivity contribution in [2.24, 2.45) is 0 Å². The predicted octanol–water partition coefficient (Wildman–Crippen LogP) is 5.74. The highest BCUT2D eigenvalue weighted by molar-refractivity contribution is 5.91. The first kappa shape index (κ1) is 22.7. The fourth-order valence-electron chi connectivity index (χ4n) is 3.82. The molecule has 5 rings (SSSR count). The minimum atomic E-state index is -1.16. The molecule has 9 heteroatoms. The van der Waals surface area contributed by atoms with Gasteiger partial charge in [-0.1, -0.05) is 0 Å². The molecular weight excluding hydrogens is 462 g/mol. The summed E-state index contributed by atoms with van der Waals surface area (Å²) in [4.78, 5) is 36.4. The molecule has 0 bridgehead atoms. The molecule has 0 radical (unpaired) electrons. The second kappa shape index (κ2) is 8.95. The summed E-state index contributed by atoms with van der Waals surface area (Å²) in [6.07, 6.45) is 4.58. The number of aromatic nitrogens is 3. The predicted molar refractivity (Wildman–Crippen MR) is 129 cm³/mol. The number of pyridine rings is 3. The highest BCUT2D eigenvalue weighted by Gasteiger charge is 2.19. The van der Waals surface area contributed by atoms with Crippen molar-refractivity contribution >= 4 is 11.9 Å². The molecular formula is C27H19N3O6. The van der Waals surface area contributed by atoms with Gasteiger partial charge in [-0.15, -0.1) is 0 Å². The highest BCUT2D eigenvalue weighted by Crippen LogP contribution is 2.37. The third-order valence-electron chi connectivity index (χ3n) is 5.48. The average molecular weight is 481 g/mol. The molecule has 9 nitrogen and oxygen atoms in total. The molecule has 0 aromatic carbocycles. The van der Waals surface area contributed by atoms with Crippen molar-refractivity contribution in [3.05, 3.63) is 89.6 Å². The van der Waals surface area contributed by atoms with Crippen LogP contribution in [0.4, 0.5) is 0 Å². The quantitative estimate of drug-likeness (QED) is 0.311. The number of carboxylic acid groups (broad SMARTS) is 2. The second-order valence-corrected chi connectivity index (χ2v) is 8.18.